The highest BCUT2D eigenvalue weighted by Crippen LogP contribution is 1.97. The quantitative estimate of drug-likeness (QED) is 0.411. The second-order valence-electron chi connectivity index (χ2n) is 1.66. The molecule has 1 aliphatic rings. The van der Waals surface area contributed by atoms with E-state index in [9.17, 15) is 4.79 Å². The van der Waals surface area contributed by atoms with Crippen molar-refractivity contribution in [3.63, 3.8) is 0 Å². The molecule has 0 spiro atoms. The van der Waals surface area contributed by atoms with E-state index in [0.29, 0.717) is 13.2 Å². The summed E-state index contributed by atoms with van der Waals surface area (Å²) in [6.07, 6.45) is 0.415. The molecule has 4 nitrogen and oxygen atoms in total. The van der Waals surface area contributed by atoms with Gasteiger partial charge in [-0.25, -0.2) is 15.6 Å². The van der Waals surface area contributed by atoms with Gasteiger partial charge in [0.1, 0.15) is 0 Å². The first kappa shape index (κ1) is 9.23. The van der Waals surface area contributed by atoms with E-state index in [2.05, 4.69) is 4.74 Å². The van der Waals surface area contributed by atoms with Crippen molar-refractivity contribution in [2.24, 2.45) is 5.84 Å². The molecule has 62 valence electrons. The van der Waals surface area contributed by atoms with E-state index in [-0.39, 0.29) is 1.43 Å². The zero-order valence-electron chi connectivity index (χ0n) is 6.46. The van der Waals surface area contributed by atoms with E-state index in [1.807, 2.05) is 13.8 Å². The second kappa shape index (κ2) is 5.05. The molecule has 10 heavy (non-hydrogen) atoms. The third kappa shape index (κ3) is 2.68. The molecule has 1 amide bonds. The summed E-state index contributed by atoms with van der Waals surface area (Å²) in [6.45, 7) is 5.12. The van der Waals surface area contributed by atoms with Crippen LogP contribution in [0, 0.1) is 0 Å². The molecule has 1 aliphatic heterocycles. The van der Waals surface area contributed by atoms with Crippen LogP contribution in [0.1, 0.15) is 21.7 Å². The minimum absolute atomic E-state index is 0. The average molecular weight is 148 g/mol. The highest BCUT2D eigenvalue weighted by atomic mass is 16.6. The number of carbonyl (C=O) groups excluding carboxylic acids is 1. The summed E-state index contributed by atoms with van der Waals surface area (Å²) in [5, 5.41) is 1.07. The molecular formula is C6H16N2O2. The molecule has 0 saturated carbocycles. The van der Waals surface area contributed by atoms with E-state index in [1.54, 1.807) is 0 Å². The van der Waals surface area contributed by atoms with Gasteiger partial charge in [-0.15, -0.1) is 0 Å². The third-order valence-corrected chi connectivity index (χ3v) is 1.00. The van der Waals surface area contributed by atoms with Gasteiger partial charge in [0, 0.05) is 14.4 Å². The van der Waals surface area contributed by atoms with Crippen LogP contribution in [-0.4, -0.2) is 24.3 Å². The van der Waals surface area contributed by atoms with Crippen LogP contribution in [0.25, 0.3) is 0 Å². The number of hydrazine groups is 1. The smallest absolute Gasteiger partial charge is 0.424 e. The molecule has 2 N–H and O–H groups in total. The van der Waals surface area contributed by atoms with E-state index < -0.39 is 6.09 Å². The molecule has 1 rings (SSSR count). The predicted octanol–water partition coefficient (Wildman–Crippen LogP) is 0.975. The lowest BCUT2D eigenvalue weighted by molar-refractivity contribution is 0.0730. The summed E-state index contributed by atoms with van der Waals surface area (Å²) in [7, 11) is 0. The Morgan fingerprint density at radius 2 is 2.30 bits per heavy atom. The monoisotopic (exact) mass is 148 g/mol. The second-order valence-corrected chi connectivity index (χ2v) is 1.66. The molecule has 1 fully saturated rings. The van der Waals surface area contributed by atoms with Crippen LogP contribution in [0.5, 0.6) is 0 Å². The Bertz CT molecular complexity index is 111. The number of amides is 1. The van der Waals surface area contributed by atoms with E-state index in [0.717, 1.165) is 11.4 Å². The lowest BCUT2D eigenvalue weighted by Crippen LogP contribution is -2.42. The molecule has 0 bridgehead atoms. The largest absolute Gasteiger partial charge is 0.448 e. The van der Waals surface area contributed by atoms with Crippen LogP contribution in [0.4, 0.5) is 4.79 Å². The van der Waals surface area contributed by atoms with Gasteiger partial charge in [-0.05, 0) is 0 Å². The van der Waals surface area contributed by atoms with Crippen molar-refractivity contribution in [3.05, 3.63) is 0 Å². The van der Waals surface area contributed by atoms with Gasteiger partial charge in [0.2, 0.25) is 0 Å². The zero-order valence-corrected chi connectivity index (χ0v) is 6.46. The molecule has 1 saturated heterocycles. The molecule has 0 radical (unpaired) electrons. The van der Waals surface area contributed by atoms with Crippen molar-refractivity contribution in [2.75, 3.05) is 13.2 Å². The highest BCUT2D eigenvalue weighted by molar-refractivity contribution is 5.67. The first-order valence-electron chi connectivity index (χ1n) is 3.49. The number of cyclic esters (lactones) is 1. The van der Waals surface area contributed by atoms with E-state index >= 15 is 0 Å². The SMILES string of the molecule is CC.NN1CCCOC1=O.[HH]. The normalized spacial score (nSPS) is 17.1. The summed E-state index contributed by atoms with van der Waals surface area (Å²) < 4.78 is 4.55. The predicted molar refractivity (Wildman–Crippen MR) is 40.3 cm³/mol. The number of nitrogens with zero attached hydrogens (tertiary/aromatic N) is 1. The summed E-state index contributed by atoms with van der Waals surface area (Å²) in [5.74, 6) is 5.14. The molecule has 0 aromatic rings. The highest BCUT2D eigenvalue weighted by Gasteiger charge is 2.14. The van der Waals surface area contributed by atoms with Crippen molar-refractivity contribution in [3.8, 4) is 0 Å². The van der Waals surface area contributed by atoms with Gasteiger partial charge in [-0.3, -0.25) is 0 Å². The summed E-state index contributed by atoms with van der Waals surface area (Å²) in [5.41, 5.74) is 0. The lowest BCUT2D eigenvalue weighted by atomic mass is 10.4. The molecule has 0 aromatic heterocycles. The standard InChI is InChI=1S/C4H8N2O2.C2H6.H2/c5-6-2-1-3-8-4(6)7;1-2;/h1-3,5H2;1-2H3;1H. The number of hydrogen-bond acceptors (Lipinski definition) is 3. The van der Waals surface area contributed by atoms with Crippen LogP contribution in [0.15, 0.2) is 0 Å². The fourth-order valence-corrected chi connectivity index (χ4v) is 0.569. The Balaban J connectivity index is 0. The average Bonchev–Trinajstić information content (AvgIpc) is 2.00. The molecule has 0 aromatic carbocycles. The summed E-state index contributed by atoms with van der Waals surface area (Å²) in [6, 6.07) is 0. The van der Waals surface area contributed by atoms with Crippen LogP contribution in [0.2, 0.25) is 0 Å². The minimum Gasteiger partial charge on any atom is -0.448 e. The zero-order chi connectivity index (χ0) is 7.98. The fourth-order valence-electron chi connectivity index (χ4n) is 0.569. The maximum absolute atomic E-state index is 10.4. The van der Waals surface area contributed by atoms with Gasteiger partial charge < -0.3 is 4.74 Å². The maximum Gasteiger partial charge on any atom is 0.424 e. The molecule has 0 unspecified atom stereocenters. The van der Waals surface area contributed by atoms with Crippen molar-refractivity contribution in [1.82, 2.24) is 5.01 Å². The summed E-state index contributed by atoms with van der Waals surface area (Å²) in [4.78, 5) is 10.4. The third-order valence-electron chi connectivity index (χ3n) is 1.00. The Kier molecular flexibility index (Phi) is 4.66. The number of nitrogens with two attached hydrogens (primary N) is 1. The van der Waals surface area contributed by atoms with Crippen molar-refractivity contribution >= 4 is 6.09 Å². The van der Waals surface area contributed by atoms with Crippen molar-refractivity contribution < 1.29 is 11.0 Å². The molecular weight excluding hydrogens is 132 g/mol. The summed E-state index contributed by atoms with van der Waals surface area (Å²) >= 11 is 0. The van der Waals surface area contributed by atoms with Gasteiger partial charge in [0.05, 0.1) is 6.61 Å². The van der Waals surface area contributed by atoms with Gasteiger partial charge in [0.25, 0.3) is 0 Å². The minimum atomic E-state index is -0.420. The van der Waals surface area contributed by atoms with Gasteiger partial charge in [-0.1, -0.05) is 13.8 Å². The number of hydrogen-bond donors (Lipinski definition) is 1. The molecule has 0 aliphatic carbocycles. The van der Waals surface area contributed by atoms with Gasteiger partial charge in [-0.2, -0.15) is 0 Å². The lowest BCUT2D eigenvalue weighted by Gasteiger charge is -2.20. The Labute approximate surface area is 62.4 Å². The Hall–Kier alpha value is -0.770. The van der Waals surface area contributed by atoms with Crippen molar-refractivity contribution in [1.29, 1.82) is 0 Å². The number of ether oxygens (including phenoxy) is 1. The Morgan fingerprint density at radius 1 is 1.70 bits per heavy atom. The van der Waals surface area contributed by atoms with E-state index in [4.69, 9.17) is 5.84 Å². The van der Waals surface area contributed by atoms with Gasteiger partial charge in [0.15, 0.2) is 0 Å². The molecule has 1 heterocycles. The van der Waals surface area contributed by atoms with Crippen molar-refractivity contribution in [2.45, 2.75) is 20.3 Å². The molecule has 4 heteroatoms. The van der Waals surface area contributed by atoms with E-state index in [1.165, 1.54) is 0 Å². The number of rotatable bonds is 0. The van der Waals surface area contributed by atoms with Crippen LogP contribution in [0.3, 0.4) is 0 Å². The maximum atomic E-state index is 10.4. The fraction of sp³-hybridized carbons (Fsp3) is 0.833. The van der Waals surface area contributed by atoms with Crippen LogP contribution in [-0.2, 0) is 4.74 Å². The topological polar surface area (TPSA) is 55.6 Å². The van der Waals surface area contributed by atoms with Crippen LogP contribution >= 0.6 is 0 Å². The van der Waals surface area contributed by atoms with Gasteiger partial charge >= 0.3 is 6.09 Å². The van der Waals surface area contributed by atoms with Crippen LogP contribution < -0.4 is 5.84 Å². The first-order chi connectivity index (χ1) is 4.80. The Morgan fingerprint density at radius 3 is 2.60 bits per heavy atom. The molecule has 0 atom stereocenters. The first-order valence-corrected chi connectivity index (χ1v) is 3.49. The number of carbonyl (C=O) groups is 1.